The molecule has 1 aliphatic rings. The molecule has 0 saturated heterocycles. The molecular formula is C15H18N6O. The Morgan fingerprint density at radius 1 is 1.32 bits per heavy atom. The van der Waals surface area contributed by atoms with Crippen molar-refractivity contribution in [3.05, 3.63) is 42.4 Å². The maximum atomic E-state index is 6.06. The molecule has 0 aliphatic carbocycles. The lowest BCUT2D eigenvalue weighted by Crippen LogP contribution is -2.49. The molecule has 6 N–H and O–H groups in total. The number of nitrogens with zero attached hydrogens (tertiary/aromatic N) is 3. The van der Waals surface area contributed by atoms with E-state index in [9.17, 15) is 0 Å². The third-order valence-electron chi connectivity index (χ3n) is 3.66. The van der Waals surface area contributed by atoms with E-state index < -0.39 is 0 Å². The Labute approximate surface area is 128 Å². The Bertz CT molecular complexity index is 770. The Hall–Kier alpha value is -2.80. The van der Waals surface area contributed by atoms with Crippen LogP contribution in [0.5, 0.6) is 5.75 Å². The standard InChI is InChI=1S/C15H18N6O/c1-22-12-3-2-9-6-10(20-7-11(9)14(12)17)8-21-13(16)4-5-19-15(21)18/h2-7,13H,8,16-17H2,1H3,(H2,18,19). The minimum atomic E-state index is -0.309. The first-order valence-corrected chi connectivity index (χ1v) is 6.83. The molecule has 1 aromatic heterocycles. The summed E-state index contributed by atoms with van der Waals surface area (Å²) in [6, 6.07) is 5.75. The molecule has 114 valence electrons. The summed E-state index contributed by atoms with van der Waals surface area (Å²) >= 11 is 0. The van der Waals surface area contributed by atoms with Crippen LogP contribution in [0.4, 0.5) is 5.69 Å². The molecule has 2 aromatic rings. The van der Waals surface area contributed by atoms with Gasteiger partial charge in [-0.3, -0.25) is 4.98 Å². The van der Waals surface area contributed by atoms with Crippen molar-refractivity contribution >= 4 is 22.4 Å². The van der Waals surface area contributed by atoms with Crippen molar-refractivity contribution < 1.29 is 4.74 Å². The Balaban J connectivity index is 1.93. The van der Waals surface area contributed by atoms with Crippen LogP contribution in [0.25, 0.3) is 10.8 Å². The van der Waals surface area contributed by atoms with E-state index in [0.29, 0.717) is 23.9 Å². The number of methoxy groups -OCH3 is 1. The first-order chi connectivity index (χ1) is 10.6. The zero-order valence-corrected chi connectivity index (χ0v) is 12.2. The SMILES string of the molecule is COc1ccc2cc(CN3C(N)=NC=CC3N)ncc2c1N. The summed E-state index contributed by atoms with van der Waals surface area (Å²) in [5, 5.41) is 1.84. The number of anilines is 1. The van der Waals surface area contributed by atoms with E-state index >= 15 is 0 Å². The molecular weight excluding hydrogens is 280 g/mol. The van der Waals surface area contributed by atoms with Crippen LogP contribution in [-0.4, -0.2) is 29.1 Å². The fourth-order valence-corrected chi connectivity index (χ4v) is 2.43. The van der Waals surface area contributed by atoms with E-state index in [1.54, 1.807) is 30.5 Å². The summed E-state index contributed by atoms with van der Waals surface area (Å²) in [4.78, 5) is 10.3. The summed E-state index contributed by atoms with van der Waals surface area (Å²) in [7, 11) is 1.59. The average Bonchev–Trinajstić information content (AvgIpc) is 2.51. The third-order valence-corrected chi connectivity index (χ3v) is 3.66. The van der Waals surface area contributed by atoms with E-state index in [1.165, 1.54) is 0 Å². The average molecular weight is 298 g/mol. The van der Waals surface area contributed by atoms with Gasteiger partial charge in [0, 0.05) is 17.8 Å². The van der Waals surface area contributed by atoms with E-state index in [2.05, 4.69) is 9.98 Å². The normalized spacial score (nSPS) is 17.6. The molecule has 0 saturated carbocycles. The predicted octanol–water partition coefficient (Wildman–Crippen LogP) is 0.754. The van der Waals surface area contributed by atoms with E-state index in [0.717, 1.165) is 16.5 Å². The number of hydrogen-bond acceptors (Lipinski definition) is 7. The summed E-state index contributed by atoms with van der Waals surface area (Å²) in [6.45, 7) is 0.475. The molecule has 0 spiro atoms. The highest BCUT2D eigenvalue weighted by molar-refractivity contribution is 5.95. The van der Waals surface area contributed by atoms with Crippen LogP contribution in [0.15, 0.2) is 41.7 Å². The highest BCUT2D eigenvalue weighted by Crippen LogP contribution is 2.30. The van der Waals surface area contributed by atoms with Crippen molar-refractivity contribution in [2.24, 2.45) is 16.5 Å². The second-order valence-corrected chi connectivity index (χ2v) is 5.03. The van der Waals surface area contributed by atoms with Gasteiger partial charge in [-0.2, -0.15) is 0 Å². The van der Waals surface area contributed by atoms with Crippen LogP contribution in [0.2, 0.25) is 0 Å². The van der Waals surface area contributed by atoms with Gasteiger partial charge in [-0.05, 0) is 23.6 Å². The van der Waals surface area contributed by atoms with Gasteiger partial charge in [0.05, 0.1) is 25.0 Å². The largest absolute Gasteiger partial charge is 0.495 e. The molecule has 1 atom stereocenters. The summed E-state index contributed by atoms with van der Waals surface area (Å²) in [5.41, 5.74) is 19.4. The van der Waals surface area contributed by atoms with E-state index in [4.69, 9.17) is 21.9 Å². The maximum Gasteiger partial charge on any atom is 0.197 e. The van der Waals surface area contributed by atoms with Crippen LogP contribution in [0, 0.1) is 0 Å². The quantitative estimate of drug-likeness (QED) is 0.720. The van der Waals surface area contributed by atoms with Gasteiger partial charge in [-0.1, -0.05) is 6.07 Å². The predicted molar refractivity (Wildman–Crippen MR) is 87.0 cm³/mol. The lowest BCUT2D eigenvalue weighted by molar-refractivity contribution is 0.345. The smallest absolute Gasteiger partial charge is 0.197 e. The van der Waals surface area contributed by atoms with Gasteiger partial charge >= 0.3 is 0 Å². The molecule has 3 rings (SSSR count). The van der Waals surface area contributed by atoms with Crippen molar-refractivity contribution in [1.29, 1.82) is 0 Å². The first kappa shape index (κ1) is 14.2. The van der Waals surface area contributed by atoms with Gasteiger partial charge in [0.15, 0.2) is 5.96 Å². The minimum Gasteiger partial charge on any atom is -0.495 e. The van der Waals surface area contributed by atoms with Gasteiger partial charge in [0.2, 0.25) is 0 Å². The van der Waals surface area contributed by atoms with Gasteiger partial charge in [-0.25, -0.2) is 4.99 Å². The molecule has 0 bridgehead atoms. The van der Waals surface area contributed by atoms with Crippen LogP contribution in [-0.2, 0) is 6.54 Å². The Morgan fingerprint density at radius 3 is 2.86 bits per heavy atom. The van der Waals surface area contributed by atoms with Crippen molar-refractivity contribution in [2.45, 2.75) is 12.7 Å². The molecule has 1 unspecified atom stereocenters. The number of ether oxygens (including phenoxy) is 1. The van der Waals surface area contributed by atoms with Gasteiger partial charge < -0.3 is 26.8 Å². The number of pyridine rings is 1. The molecule has 0 radical (unpaired) electrons. The third kappa shape index (κ3) is 2.42. The van der Waals surface area contributed by atoms with E-state index in [-0.39, 0.29) is 6.17 Å². The summed E-state index contributed by atoms with van der Waals surface area (Å²) < 4.78 is 5.22. The van der Waals surface area contributed by atoms with Crippen LogP contribution in [0.3, 0.4) is 0 Å². The van der Waals surface area contributed by atoms with E-state index in [1.807, 2.05) is 18.2 Å². The number of aliphatic imine (C=N–C) groups is 1. The van der Waals surface area contributed by atoms with Crippen molar-refractivity contribution in [2.75, 3.05) is 12.8 Å². The van der Waals surface area contributed by atoms with Crippen molar-refractivity contribution in [3.63, 3.8) is 0 Å². The highest BCUT2D eigenvalue weighted by atomic mass is 16.5. The number of nitrogen functional groups attached to an aromatic ring is 1. The zero-order valence-electron chi connectivity index (χ0n) is 12.2. The molecule has 1 aromatic carbocycles. The number of hydrogen-bond donors (Lipinski definition) is 3. The molecule has 0 fully saturated rings. The molecule has 7 heteroatoms. The lowest BCUT2D eigenvalue weighted by Gasteiger charge is -2.29. The minimum absolute atomic E-state index is 0.309. The van der Waals surface area contributed by atoms with Crippen LogP contribution in [0.1, 0.15) is 5.69 Å². The number of rotatable bonds is 3. The highest BCUT2D eigenvalue weighted by Gasteiger charge is 2.18. The number of benzene rings is 1. The van der Waals surface area contributed by atoms with Crippen LogP contribution < -0.4 is 21.9 Å². The fourth-order valence-electron chi connectivity index (χ4n) is 2.43. The molecule has 2 heterocycles. The van der Waals surface area contributed by atoms with Crippen molar-refractivity contribution in [1.82, 2.24) is 9.88 Å². The molecule has 0 amide bonds. The zero-order chi connectivity index (χ0) is 15.7. The maximum absolute atomic E-state index is 6.06. The second-order valence-electron chi connectivity index (χ2n) is 5.03. The number of guanidine groups is 1. The van der Waals surface area contributed by atoms with Gasteiger partial charge in [-0.15, -0.1) is 0 Å². The molecule has 1 aliphatic heterocycles. The Kier molecular flexibility index (Phi) is 3.56. The fraction of sp³-hybridized carbons (Fsp3) is 0.200. The second kappa shape index (κ2) is 5.53. The van der Waals surface area contributed by atoms with Crippen molar-refractivity contribution in [3.8, 4) is 5.75 Å². The summed E-state index contributed by atoms with van der Waals surface area (Å²) in [6.07, 6.45) is 4.81. The monoisotopic (exact) mass is 298 g/mol. The topological polar surface area (TPSA) is 116 Å². The Morgan fingerprint density at radius 2 is 2.14 bits per heavy atom. The lowest BCUT2D eigenvalue weighted by atomic mass is 10.1. The first-order valence-electron chi connectivity index (χ1n) is 6.83. The number of aromatic nitrogens is 1. The van der Waals surface area contributed by atoms with Gasteiger partial charge in [0.25, 0.3) is 0 Å². The number of fused-ring (bicyclic) bond motifs is 1. The molecule has 22 heavy (non-hydrogen) atoms. The van der Waals surface area contributed by atoms with Gasteiger partial charge in [0.1, 0.15) is 11.9 Å². The molecule has 7 nitrogen and oxygen atoms in total. The van der Waals surface area contributed by atoms with Crippen LogP contribution >= 0.6 is 0 Å². The number of nitrogens with two attached hydrogens (primary N) is 3. The summed E-state index contributed by atoms with van der Waals surface area (Å²) in [5.74, 6) is 1.02.